The molecule has 3 aromatic rings. The minimum atomic E-state index is 0.737. The van der Waals surface area contributed by atoms with Gasteiger partial charge in [-0.05, 0) is 36.6 Å². The molecule has 0 unspecified atom stereocenters. The molecule has 0 radical (unpaired) electrons. The van der Waals surface area contributed by atoms with Crippen LogP contribution in [-0.4, -0.2) is 9.97 Å². The fourth-order valence-electron chi connectivity index (χ4n) is 2.32. The van der Waals surface area contributed by atoms with Crippen LogP contribution in [0.3, 0.4) is 0 Å². The molecule has 1 heterocycles. The summed E-state index contributed by atoms with van der Waals surface area (Å²) in [6, 6.07) is 18.5. The van der Waals surface area contributed by atoms with Crippen molar-refractivity contribution in [2.75, 3.05) is 10.6 Å². The number of hydrogen-bond donors (Lipinski definition) is 2. The molecule has 0 bridgehead atoms. The average Bonchev–Trinajstić information content (AvgIpc) is 2.58. The number of nitrogens with zero attached hydrogens (tertiary/aromatic N) is 2. The molecule has 0 saturated heterocycles. The fraction of sp³-hybridized carbons (Fsp3) is 0.158. The van der Waals surface area contributed by atoms with Crippen molar-refractivity contribution in [3.8, 4) is 0 Å². The van der Waals surface area contributed by atoms with E-state index < -0.39 is 0 Å². The minimum Gasteiger partial charge on any atom is -0.366 e. The Balaban J connectivity index is 1.71. The zero-order valence-electron chi connectivity index (χ0n) is 13.4. The van der Waals surface area contributed by atoms with Crippen LogP contribution in [0.4, 0.5) is 17.3 Å². The summed E-state index contributed by atoms with van der Waals surface area (Å²) in [7, 11) is 0. The second-order valence-electron chi connectivity index (χ2n) is 5.57. The number of benzene rings is 2. The average molecular weight is 304 g/mol. The lowest BCUT2D eigenvalue weighted by molar-refractivity contribution is 1.08. The van der Waals surface area contributed by atoms with E-state index in [0.29, 0.717) is 0 Å². The molecule has 0 aliphatic rings. The van der Waals surface area contributed by atoms with Gasteiger partial charge in [0.05, 0.1) is 0 Å². The summed E-state index contributed by atoms with van der Waals surface area (Å²) < 4.78 is 0. The first kappa shape index (κ1) is 15.0. The van der Waals surface area contributed by atoms with E-state index in [4.69, 9.17) is 0 Å². The molecule has 0 aliphatic heterocycles. The summed E-state index contributed by atoms with van der Waals surface area (Å²) in [5, 5.41) is 6.68. The maximum Gasteiger partial charge on any atom is 0.135 e. The number of nitrogens with one attached hydrogen (secondary N) is 2. The van der Waals surface area contributed by atoms with Gasteiger partial charge in [-0.25, -0.2) is 9.97 Å². The third-order valence-electron chi connectivity index (χ3n) is 3.64. The highest BCUT2D eigenvalue weighted by molar-refractivity contribution is 5.63. The summed E-state index contributed by atoms with van der Waals surface area (Å²) >= 11 is 0. The summed E-state index contributed by atoms with van der Waals surface area (Å²) in [5.41, 5.74) is 4.69. The normalized spacial score (nSPS) is 10.3. The zero-order chi connectivity index (χ0) is 16.1. The third kappa shape index (κ3) is 4.07. The molecule has 0 atom stereocenters. The summed E-state index contributed by atoms with van der Waals surface area (Å²) in [5.74, 6) is 1.58. The largest absolute Gasteiger partial charge is 0.366 e. The van der Waals surface area contributed by atoms with E-state index >= 15 is 0 Å². The van der Waals surface area contributed by atoms with Gasteiger partial charge in [-0.1, -0.05) is 42.5 Å². The van der Waals surface area contributed by atoms with E-state index in [2.05, 4.69) is 64.8 Å². The molecule has 2 N–H and O–H groups in total. The fourth-order valence-corrected chi connectivity index (χ4v) is 2.32. The van der Waals surface area contributed by atoms with E-state index in [1.165, 1.54) is 16.7 Å². The first-order chi connectivity index (χ1) is 11.2. The first-order valence-corrected chi connectivity index (χ1v) is 7.65. The minimum absolute atomic E-state index is 0.737. The molecule has 1 aromatic heterocycles. The van der Waals surface area contributed by atoms with Gasteiger partial charge in [0.2, 0.25) is 0 Å². The lowest BCUT2D eigenvalue weighted by atomic mass is 10.1. The Labute approximate surface area is 136 Å². The molecule has 0 spiro atoms. The number of rotatable bonds is 5. The summed E-state index contributed by atoms with van der Waals surface area (Å²) in [6.07, 6.45) is 1.57. The van der Waals surface area contributed by atoms with Gasteiger partial charge in [-0.3, -0.25) is 0 Å². The van der Waals surface area contributed by atoms with Crippen molar-refractivity contribution in [3.05, 3.63) is 77.6 Å². The number of hydrogen-bond acceptors (Lipinski definition) is 4. The topological polar surface area (TPSA) is 49.8 Å². The highest BCUT2D eigenvalue weighted by Crippen LogP contribution is 2.21. The molecule has 116 valence electrons. The third-order valence-corrected chi connectivity index (χ3v) is 3.64. The predicted molar refractivity (Wildman–Crippen MR) is 95.0 cm³/mol. The van der Waals surface area contributed by atoms with E-state index in [1.54, 1.807) is 6.33 Å². The lowest BCUT2D eigenvalue weighted by Gasteiger charge is -2.11. The van der Waals surface area contributed by atoms with Crippen LogP contribution in [0.15, 0.2) is 60.9 Å². The molecular weight excluding hydrogens is 284 g/mol. The molecule has 2 aromatic carbocycles. The van der Waals surface area contributed by atoms with Crippen molar-refractivity contribution in [3.63, 3.8) is 0 Å². The van der Waals surface area contributed by atoms with Crippen molar-refractivity contribution in [2.45, 2.75) is 20.4 Å². The van der Waals surface area contributed by atoms with Gasteiger partial charge < -0.3 is 10.6 Å². The number of aromatic nitrogens is 2. The van der Waals surface area contributed by atoms with Gasteiger partial charge in [0.1, 0.15) is 18.0 Å². The van der Waals surface area contributed by atoms with Crippen LogP contribution in [-0.2, 0) is 6.54 Å². The molecule has 0 aliphatic carbocycles. The maximum absolute atomic E-state index is 4.30. The summed E-state index contributed by atoms with van der Waals surface area (Å²) in [4.78, 5) is 8.57. The zero-order valence-corrected chi connectivity index (χ0v) is 13.4. The second kappa shape index (κ2) is 6.92. The highest BCUT2D eigenvalue weighted by Gasteiger charge is 2.03. The predicted octanol–water partition coefficient (Wildman–Crippen LogP) is 4.45. The Bertz CT molecular complexity index is 784. The van der Waals surface area contributed by atoms with E-state index in [-0.39, 0.29) is 0 Å². The Morgan fingerprint density at radius 1 is 0.870 bits per heavy atom. The quantitative estimate of drug-likeness (QED) is 0.731. The Hall–Kier alpha value is -2.88. The van der Waals surface area contributed by atoms with Gasteiger partial charge in [0.25, 0.3) is 0 Å². The standard InChI is InChI=1S/C19H20N4/c1-14-8-9-15(2)17(10-14)23-19-11-18(21-13-22-19)20-12-16-6-4-3-5-7-16/h3-11,13H,12H2,1-2H3,(H2,20,21,22,23). The van der Waals surface area contributed by atoms with E-state index in [1.807, 2.05) is 24.3 Å². The van der Waals surface area contributed by atoms with Gasteiger partial charge >= 0.3 is 0 Å². The van der Waals surface area contributed by atoms with Crippen molar-refractivity contribution in [1.82, 2.24) is 9.97 Å². The highest BCUT2D eigenvalue weighted by atomic mass is 15.1. The smallest absolute Gasteiger partial charge is 0.135 e. The number of aryl methyl sites for hydroxylation is 2. The van der Waals surface area contributed by atoms with E-state index in [0.717, 1.165) is 23.9 Å². The molecule has 0 amide bonds. The van der Waals surface area contributed by atoms with Crippen LogP contribution >= 0.6 is 0 Å². The Kier molecular flexibility index (Phi) is 4.52. The van der Waals surface area contributed by atoms with Crippen molar-refractivity contribution < 1.29 is 0 Å². The Morgan fingerprint density at radius 3 is 2.48 bits per heavy atom. The molecule has 0 saturated carbocycles. The van der Waals surface area contributed by atoms with Crippen LogP contribution in [0.1, 0.15) is 16.7 Å². The lowest BCUT2D eigenvalue weighted by Crippen LogP contribution is -2.03. The van der Waals surface area contributed by atoms with Crippen LogP contribution in [0.25, 0.3) is 0 Å². The first-order valence-electron chi connectivity index (χ1n) is 7.65. The van der Waals surface area contributed by atoms with E-state index in [9.17, 15) is 0 Å². The Morgan fingerprint density at radius 2 is 1.65 bits per heavy atom. The summed E-state index contributed by atoms with van der Waals surface area (Å²) in [6.45, 7) is 4.90. The molecule has 4 nitrogen and oxygen atoms in total. The van der Waals surface area contributed by atoms with Crippen LogP contribution in [0, 0.1) is 13.8 Å². The molecule has 4 heteroatoms. The molecule has 23 heavy (non-hydrogen) atoms. The van der Waals surface area contributed by atoms with Crippen molar-refractivity contribution >= 4 is 17.3 Å². The van der Waals surface area contributed by atoms with Gasteiger partial charge in [-0.15, -0.1) is 0 Å². The SMILES string of the molecule is Cc1ccc(C)c(Nc2cc(NCc3ccccc3)ncn2)c1. The number of anilines is 3. The molecule has 3 rings (SSSR count). The molecular formula is C19H20N4. The van der Waals surface area contributed by atoms with Crippen LogP contribution < -0.4 is 10.6 Å². The molecule has 0 fully saturated rings. The van der Waals surface area contributed by atoms with Crippen LogP contribution in [0.5, 0.6) is 0 Å². The van der Waals surface area contributed by atoms with Gasteiger partial charge in [0, 0.05) is 18.3 Å². The van der Waals surface area contributed by atoms with Crippen molar-refractivity contribution in [1.29, 1.82) is 0 Å². The maximum atomic E-state index is 4.30. The monoisotopic (exact) mass is 304 g/mol. The van der Waals surface area contributed by atoms with Gasteiger partial charge in [-0.2, -0.15) is 0 Å². The van der Waals surface area contributed by atoms with Gasteiger partial charge in [0.15, 0.2) is 0 Å². The van der Waals surface area contributed by atoms with Crippen molar-refractivity contribution in [2.24, 2.45) is 0 Å². The van der Waals surface area contributed by atoms with Crippen LogP contribution in [0.2, 0.25) is 0 Å². The second-order valence-corrected chi connectivity index (χ2v) is 5.57.